The van der Waals surface area contributed by atoms with Crippen LogP contribution in [0.15, 0.2) is 30.3 Å². The zero-order valence-electron chi connectivity index (χ0n) is 9.25. The van der Waals surface area contributed by atoms with Crippen molar-refractivity contribution in [3.8, 4) is 5.75 Å². The minimum atomic E-state index is -2.03. The third-order valence-electron chi connectivity index (χ3n) is 2.42. The molecule has 0 aliphatic carbocycles. The van der Waals surface area contributed by atoms with Gasteiger partial charge in [-0.2, -0.15) is 0 Å². The van der Waals surface area contributed by atoms with Crippen molar-refractivity contribution >= 4 is 68.8 Å². The third-order valence-corrected chi connectivity index (χ3v) is 3.24. The number of hydrogen-bond acceptors (Lipinski definition) is 2. The van der Waals surface area contributed by atoms with Crippen LogP contribution in [-0.4, -0.2) is 14.8 Å². The van der Waals surface area contributed by atoms with Crippen molar-refractivity contribution in [3.05, 3.63) is 35.4 Å². The summed E-state index contributed by atoms with van der Waals surface area (Å²) in [6.07, 6.45) is 0. The van der Waals surface area contributed by atoms with Gasteiger partial charge < -0.3 is 10.4 Å². The summed E-state index contributed by atoms with van der Waals surface area (Å²) >= 11 is 22.2. The molecule has 2 aromatic carbocycles. The van der Waals surface area contributed by atoms with E-state index in [-0.39, 0.29) is 10.8 Å². The van der Waals surface area contributed by atoms with E-state index in [0.717, 1.165) is 10.8 Å². The lowest BCUT2D eigenvalue weighted by atomic mass is 10.1. The van der Waals surface area contributed by atoms with Crippen molar-refractivity contribution in [2.45, 2.75) is 3.79 Å². The molecule has 0 saturated carbocycles. The molecule has 2 rings (SSSR count). The molecule has 0 aliphatic rings. The number of carbonyl (C=O) groups is 1. The van der Waals surface area contributed by atoms with E-state index in [1.165, 1.54) is 6.07 Å². The predicted octanol–water partition coefficient (Wildman–Crippen LogP) is 4.51. The zero-order chi connectivity index (χ0) is 14.2. The maximum atomic E-state index is 11.5. The van der Waals surface area contributed by atoms with E-state index < -0.39 is 9.70 Å². The van der Waals surface area contributed by atoms with Gasteiger partial charge >= 0.3 is 0 Å². The number of carbonyl (C=O) groups excluding carboxylic acids is 1. The monoisotopic (exact) mass is 337 g/mol. The summed E-state index contributed by atoms with van der Waals surface area (Å²) in [7, 11) is 0. The Labute approximate surface area is 129 Å². The first-order valence-corrected chi connectivity index (χ1v) is 6.59. The van der Waals surface area contributed by atoms with Crippen LogP contribution in [-0.2, 0) is 4.79 Å². The second kappa shape index (κ2) is 5.25. The number of fused-ring (bicyclic) bond motifs is 1. The van der Waals surface area contributed by atoms with Crippen molar-refractivity contribution < 1.29 is 9.90 Å². The van der Waals surface area contributed by atoms with Gasteiger partial charge in [0.1, 0.15) is 5.75 Å². The molecule has 100 valence electrons. The number of rotatable bonds is 1. The highest BCUT2D eigenvalue weighted by atomic mass is 35.6. The molecular weight excluding hydrogens is 332 g/mol. The van der Waals surface area contributed by atoms with Gasteiger partial charge in [-0.15, -0.1) is 0 Å². The van der Waals surface area contributed by atoms with Gasteiger partial charge in [0.05, 0.1) is 5.02 Å². The SMILES string of the molecule is O=C(Nc1ccc2cc(O)c(Cl)cc2c1)C(Cl)(Cl)Cl. The topological polar surface area (TPSA) is 49.3 Å². The lowest BCUT2D eigenvalue weighted by Gasteiger charge is -2.12. The number of phenols is 1. The maximum Gasteiger partial charge on any atom is 0.276 e. The van der Waals surface area contributed by atoms with Crippen LogP contribution in [0.5, 0.6) is 5.75 Å². The summed E-state index contributed by atoms with van der Waals surface area (Å²) in [6, 6.07) is 8.10. The summed E-state index contributed by atoms with van der Waals surface area (Å²) in [5, 5.41) is 13.7. The molecule has 0 saturated heterocycles. The Bertz CT molecular complexity index is 652. The molecule has 2 aromatic rings. The normalized spacial score (nSPS) is 11.6. The van der Waals surface area contributed by atoms with Crippen molar-refractivity contribution in [3.63, 3.8) is 0 Å². The molecular formula is C12H7Cl4NO2. The van der Waals surface area contributed by atoms with Crippen molar-refractivity contribution in [2.24, 2.45) is 0 Å². The lowest BCUT2D eigenvalue weighted by Crippen LogP contribution is -2.26. The smallest absolute Gasteiger partial charge is 0.276 e. The van der Waals surface area contributed by atoms with Gasteiger partial charge in [0, 0.05) is 5.69 Å². The van der Waals surface area contributed by atoms with Crippen LogP contribution in [0.1, 0.15) is 0 Å². The van der Waals surface area contributed by atoms with E-state index in [0.29, 0.717) is 5.69 Å². The maximum absolute atomic E-state index is 11.5. The molecule has 0 radical (unpaired) electrons. The first-order valence-electron chi connectivity index (χ1n) is 5.08. The minimum Gasteiger partial charge on any atom is -0.506 e. The van der Waals surface area contributed by atoms with Gasteiger partial charge in [-0.25, -0.2) is 0 Å². The molecule has 0 atom stereocenters. The summed E-state index contributed by atoms with van der Waals surface area (Å²) in [5.74, 6) is -0.756. The first kappa shape index (κ1) is 14.5. The quantitative estimate of drug-likeness (QED) is 0.752. The van der Waals surface area contributed by atoms with Crippen molar-refractivity contribution in [1.29, 1.82) is 0 Å². The van der Waals surface area contributed by atoms with Crippen molar-refractivity contribution in [1.82, 2.24) is 0 Å². The molecule has 1 amide bonds. The highest BCUT2D eigenvalue weighted by molar-refractivity contribution is 6.76. The summed E-state index contributed by atoms with van der Waals surface area (Å²) in [4.78, 5) is 11.5. The van der Waals surface area contributed by atoms with Gasteiger partial charge in [0.15, 0.2) is 0 Å². The molecule has 0 bridgehead atoms. The number of halogens is 4. The Balaban J connectivity index is 2.37. The number of alkyl halides is 3. The molecule has 7 heteroatoms. The highest BCUT2D eigenvalue weighted by Crippen LogP contribution is 2.31. The first-order chi connectivity index (χ1) is 8.77. The van der Waals surface area contributed by atoms with Crippen LogP contribution >= 0.6 is 46.4 Å². The van der Waals surface area contributed by atoms with E-state index in [2.05, 4.69) is 5.32 Å². The highest BCUT2D eigenvalue weighted by Gasteiger charge is 2.30. The Morgan fingerprint density at radius 2 is 1.79 bits per heavy atom. The molecule has 0 spiro atoms. The molecule has 2 N–H and O–H groups in total. The molecule has 19 heavy (non-hydrogen) atoms. The Kier molecular flexibility index (Phi) is 4.02. The van der Waals surface area contributed by atoms with Gasteiger partial charge in [-0.05, 0) is 35.0 Å². The number of phenolic OH excluding ortho intramolecular Hbond substituents is 1. The average molecular weight is 339 g/mol. The second-order valence-electron chi connectivity index (χ2n) is 3.82. The van der Waals surface area contributed by atoms with E-state index in [9.17, 15) is 9.90 Å². The fraction of sp³-hybridized carbons (Fsp3) is 0.0833. The number of benzene rings is 2. The summed E-state index contributed by atoms with van der Waals surface area (Å²) < 4.78 is -2.03. The number of nitrogens with one attached hydrogen (secondary N) is 1. The van der Waals surface area contributed by atoms with E-state index in [1.54, 1.807) is 24.3 Å². The minimum absolute atomic E-state index is 0.00718. The van der Waals surface area contributed by atoms with Crippen LogP contribution in [0, 0.1) is 0 Å². The van der Waals surface area contributed by atoms with E-state index >= 15 is 0 Å². The van der Waals surface area contributed by atoms with E-state index in [1.807, 2.05) is 0 Å². The molecule has 0 heterocycles. The van der Waals surface area contributed by atoms with Crippen LogP contribution in [0.2, 0.25) is 5.02 Å². The lowest BCUT2D eigenvalue weighted by molar-refractivity contribution is -0.115. The van der Waals surface area contributed by atoms with Gasteiger partial charge in [0.2, 0.25) is 0 Å². The second-order valence-corrected chi connectivity index (χ2v) is 6.51. The summed E-state index contributed by atoms with van der Waals surface area (Å²) in [5.41, 5.74) is 0.464. The van der Waals surface area contributed by atoms with Crippen LogP contribution in [0.3, 0.4) is 0 Å². The zero-order valence-corrected chi connectivity index (χ0v) is 12.3. The Hall–Kier alpha value is -0.870. The Morgan fingerprint density at radius 1 is 1.11 bits per heavy atom. The number of anilines is 1. The third kappa shape index (κ3) is 3.37. The largest absolute Gasteiger partial charge is 0.506 e. The Morgan fingerprint density at radius 3 is 2.42 bits per heavy atom. The fourth-order valence-electron chi connectivity index (χ4n) is 1.54. The molecule has 3 nitrogen and oxygen atoms in total. The van der Waals surface area contributed by atoms with Crippen LogP contribution in [0.4, 0.5) is 5.69 Å². The van der Waals surface area contributed by atoms with Gasteiger partial charge in [-0.3, -0.25) is 4.79 Å². The predicted molar refractivity (Wildman–Crippen MR) is 79.5 cm³/mol. The van der Waals surface area contributed by atoms with Crippen LogP contribution < -0.4 is 5.32 Å². The molecule has 0 fully saturated rings. The fourth-order valence-corrected chi connectivity index (χ4v) is 1.85. The standard InChI is InChI=1S/C12H7Cl4NO2/c13-9-4-7-3-8(17-11(19)12(14,15)16)2-1-6(7)5-10(9)18/h1-5,18H,(H,17,19). The molecule has 0 aromatic heterocycles. The molecule has 0 aliphatic heterocycles. The average Bonchev–Trinajstić information content (AvgIpc) is 2.29. The van der Waals surface area contributed by atoms with Crippen molar-refractivity contribution in [2.75, 3.05) is 5.32 Å². The van der Waals surface area contributed by atoms with E-state index in [4.69, 9.17) is 46.4 Å². The summed E-state index contributed by atoms with van der Waals surface area (Å²) in [6.45, 7) is 0. The number of aromatic hydroxyl groups is 1. The number of amides is 1. The van der Waals surface area contributed by atoms with Crippen LogP contribution in [0.25, 0.3) is 10.8 Å². The number of hydrogen-bond donors (Lipinski definition) is 2. The van der Waals surface area contributed by atoms with Gasteiger partial charge in [-0.1, -0.05) is 52.5 Å². The molecule has 0 unspecified atom stereocenters. The van der Waals surface area contributed by atoms with Gasteiger partial charge in [0.25, 0.3) is 9.70 Å².